The standard InChI is InChI=1S/C10H18N4O/c1-7(2)9(5-15)14-10-3-8(4-11)12-6-13-10/h3,6-7,9,15H,4-5,11H2,1-2H3,(H,12,13,14)/t9-/m0/s1. The highest BCUT2D eigenvalue weighted by Crippen LogP contribution is 2.10. The van der Waals surface area contributed by atoms with Crippen LogP contribution < -0.4 is 11.1 Å². The summed E-state index contributed by atoms with van der Waals surface area (Å²) in [7, 11) is 0. The van der Waals surface area contributed by atoms with Crippen LogP contribution in [0.5, 0.6) is 0 Å². The smallest absolute Gasteiger partial charge is 0.129 e. The van der Waals surface area contributed by atoms with E-state index in [1.54, 1.807) is 6.07 Å². The number of rotatable bonds is 5. The molecule has 0 saturated carbocycles. The van der Waals surface area contributed by atoms with Crippen LogP contribution in [-0.2, 0) is 6.54 Å². The van der Waals surface area contributed by atoms with Gasteiger partial charge in [-0.05, 0) is 5.92 Å². The lowest BCUT2D eigenvalue weighted by atomic mass is 10.1. The van der Waals surface area contributed by atoms with Crippen molar-refractivity contribution in [3.63, 3.8) is 0 Å². The molecule has 0 unspecified atom stereocenters. The van der Waals surface area contributed by atoms with Crippen molar-refractivity contribution < 1.29 is 5.11 Å². The maximum Gasteiger partial charge on any atom is 0.129 e. The van der Waals surface area contributed by atoms with E-state index in [2.05, 4.69) is 15.3 Å². The highest BCUT2D eigenvalue weighted by atomic mass is 16.3. The molecule has 0 spiro atoms. The van der Waals surface area contributed by atoms with Crippen molar-refractivity contribution in [2.75, 3.05) is 11.9 Å². The summed E-state index contributed by atoms with van der Waals surface area (Å²) in [6.07, 6.45) is 1.47. The largest absolute Gasteiger partial charge is 0.394 e. The molecular formula is C10H18N4O. The lowest BCUT2D eigenvalue weighted by molar-refractivity contribution is 0.249. The third kappa shape index (κ3) is 3.45. The van der Waals surface area contributed by atoms with Crippen LogP contribution in [0.2, 0.25) is 0 Å². The molecule has 1 rings (SSSR count). The summed E-state index contributed by atoms with van der Waals surface area (Å²) in [6.45, 7) is 4.56. The summed E-state index contributed by atoms with van der Waals surface area (Å²) >= 11 is 0. The van der Waals surface area contributed by atoms with Crippen LogP contribution in [0.4, 0.5) is 5.82 Å². The molecule has 0 aromatic carbocycles. The monoisotopic (exact) mass is 210 g/mol. The molecule has 5 nitrogen and oxygen atoms in total. The Morgan fingerprint density at radius 3 is 2.73 bits per heavy atom. The number of aliphatic hydroxyl groups is 1. The Bertz CT molecular complexity index is 303. The van der Waals surface area contributed by atoms with Gasteiger partial charge in [0.2, 0.25) is 0 Å². The van der Waals surface area contributed by atoms with Crippen molar-refractivity contribution in [3.8, 4) is 0 Å². The Hall–Kier alpha value is -1.20. The van der Waals surface area contributed by atoms with Gasteiger partial charge in [-0.25, -0.2) is 9.97 Å². The van der Waals surface area contributed by atoms with Crippen molar-refractivity contribution in [2.45, 2.75) is 26.4 Å². The zero-order valence-corrected chi connectivity index (χ0v) is 9.14. The molecule has 0 radical (unpaired) electrons. The number of hydrogen-bond acceptors (Lipinski definition) is 5. The van der Waals surface area contributed by atoms with Crippen LogP contribution in [-0.4, -0.2) is 27.7 Å². The quantitative estimate of drug-likeness (QED) is 0.653. The van der Waals surface area contributed by atoms with E-state index in [9.17, 15) is 0 Å². The zero-order valence-electron chi connectivity index (χ0n) is 9.14. The second kappa shape index (κ2) is 5.63. The highest BCUT2D eigenvalue weighted by Gasteiger charge is 2.12. The van der Waals surface area contributed by atoms with Gasteiger partial charge in [0, 0.05) is 12.6 Å². The number of anilines is 1. The molecule has 84 valence electrons. The number of nitrogens with two attached hydrogens (primary N) is 1. The van der Waals surface area contributed by atoms with Crippen LogP contribution >= 0.6 is 0 Å². The number of nitrogens with one attached hydrogen (secondary N) is 1. The molecule has 0 saturated heterocycles. The lowest BCUT2D eigenvalue weighted by Gasteiger charge is -2.20. The molecule has 0 aliphatic carbocycles. The first-order valence-corrected chi connectivity index (χ1v) is 5.05. The van der Waals surface area contributed by atoms with Crippen LogP contribution in [0.3, 0.4) is 0 Å². The van der Waals surface area contributed by atoms with Crippen LogP contribution in [0.15, 0.2) is 12.4 Å². The molecule has 15 heavy (non-hydrogen) atoms. The van der Waals surface area contributed by atoms with Gasteiger partial charge >= 0.3 is 0 Å². The second-order valence-corrected chi connectivity index (χ2v) is 3.78. The van der Waals surface area contributed by atoms with Crippen molar-refractivity contribution in [1.29, 1.82) is 0 Å². The molecule has 0 aliphatic heterocycles. The topological polar surface area (TPSA) is 84.1 Å². The van der Waals surface area contributed by atoms with E-state index in [-0.39, 0.29) is 12.6 Å². The average molecular weight is 210 g/mol. The van der Waals surface area contributed by atoms with E-state index < -0.39 is 0 Å². The minimum atomic E-state index is 0.00512. The molecular weight excluding hydrogens is 192 g/mol. The third-order valence-electron chi connectivity index (χ3n) is 2.27. The Balaban J connectivity index is 2.70. The number of hydrogen-bond donors (Lipinski definition) is 3. The fourth-order valence-corrected chi connectivity index (χ4v) is 1.20. The third-order valence-corrected chi connectivity index (χ3v) is 2.27. The van der Waals surface area contributed by atoms with Crippen molar-refractivity contribution in [2.24, 2.45) is 11.7 Å². The highest BCUT2D eigenvalue weighted by molar-refractivity contribution is 5.36. The fourth-order valence-electron chi connectivity index (χ4n) is 1.20. The van der Waals surface area contributed by atoms with Crippen LogP contribution in [0.25, 0.3) is 0 Å². The van der Waals surface area contributed by atoms with Gasteiger partial charge in [-0.1, -0.05) is 13.8 Å². The maximum absolute atomic E-state index is 9.15. The fraction of sp³-hybridized carbons (Fsp3) is 0.600. The predicted molar refractivity (Wildman–Crippen MR) is 59.3 cm³/mol. The molecule has 0 bridgehead atoms. The summed E-state index contributed by atoms with van der Waals surface area (Å²) in [6, 6.07) is 1.80. The molecule has 0 amide bonds. The van der Waals surface area contributed by atoms with Gasteiger partial charge in [0.1, 0.15) is 12.1 Å². The van der Waals surface area contributed by atoms with Gasteiger partial charge in [-0.15, -0.1) is 0 Å². The first-order valence-electron chi connectivity index (χ1n) is 5.05. The second-order valence-electron chi connectivity index (χ2n) is 3.78. The first-order chi connectivity index (χ1) is 7.17. The first kappa shape index (κ1) is 11.9. The predicted octanol–water partition coefficient (Wildman–Crippen LogP) is 0.364. The van der Waals surface area contributed by atoms with E-state index in [0.717, 1.165) is 5.69 Å². The summed E-state index contributed by atoms with van der Waals surface area (Å²) in [5, 5.41) is 12.3. The summed E-state index contributed by atoms with van der Waals surface area (Å²) < 4.78 is 0. The zero-order chi connectivity index (χ0) is 11.3. The van der Waals surface area contributed by atoms with Gasteiger partial charge < -0.3 is 16.2 Å². The van der Waals surface area contributed by atoms with E-state index in [4.69, 9.17) is 10.8 Å². The van der Waals surface area contributed by atoms with Gasteiger partial charge in [-0.2, -0.15) is 0 Å². The van der Waals surface area contributed by atoms with Crippen molar-refractivity contribution >= 4 is 5.82 Å². The Morgan fingerprint density at radius 1 is 1.47 bits per heavy atom. The average Bonchev–Trinajstić information content (AvgIpc) is 2.25. The van der Waals surface area contributed by atoms with Crippen LogP contribution in [0.1, 0.15) is 19.5 Å². The molecule has 1 heterocycles. The van der Waals surface area contributed by atoms with E-state index >= 15 is 0 Å². The molecule has 1 aromatic rings. The normalized spacial score (nSPS) is 12.9. The summed E-state index contributed by atoms with van der Waals surface area (Å²) in [5.74, 6) is 1.05. The Morgan fingerprint density at radius 2 is 2.20 bits per heavy atom. The van der Waals surface area contributed by atoms with E-state index in [1.807, 2.05) is 13.8 Å². The molecule has 0 aliphatic rings. The summed E-state index contributed by atoms with van der Waals surface area (Å²) in [5.41, 5.74) is 6.26. The number of nitrogens with zero attached hydrogens (tertiary/aromatic N) is 2. The maximum atomic E-state index is 9.15. The SMILES string of the molecule is CC(C)[C@H](CO)Nc1cc(CN)ncn1. The van der Waals surface area contributed by atoms with Crippen molar-refractivity contribution in [1.82, 2.24) is 9.97 Å². The van der Waals surface area contributed by atoms with Gasteiger partial charge in [0.05, 0.1) is 18.3 Å². The van der Waals surface area contributed by atoms with Crippen LogP contribution in [0, 0.1) is 5.92 Å². The number of aliphatic hydroxyl groups excluding tert-OH is 1. The van der Waals surface area contributed by atoms with E-state index in [0.29, 0.717) is 18.3 Å². The van der Waals surface area contributed by atoms with Gasteiger partial charge in [-0.3, -0.25) is 0 Å². The molecule has 0 fully saturated rings. The minimum absolute atomic E-state index is 0.00512. The molecule has 4 N–H and O–H groups in total. The lowest BCUT2D eigenvalue weighted by Crippen LogP contribution is -2.29. The molecule has 5 heteroatoms. The molecule has 1 atom stereocenters. The minimum Gasteiger partial charge on any atom is -0.394 e. The Labute approximate surface area is 89.7 Å². The van der Waals surface area contributed by atoms with E-state index in [1.165, 1.54) is 6.33 Å². The van der Waals surface area contributed by atoms with Gasteiger partial charge in [0.15, 0.2) is 0 Å². The summed E-state index contributed by atoms with van der Waals surface area (Å²) in [4.78, 5) is 8.07. The van der Waals surface area contributed by atoms with Crippen molar-refractivity contribution in [3.05, 3.63) is 18.1 Å². The molecule has 1 aromatic heterocycles. The Kier molecular flexibility index (Phi) is 4.45. The van der Waals surface area contributed by atoms with Gasteiger partial charge in [0.25, 0.3) is 0 Å². The number of aromatic nitrogens is 2.